The van der Waals surface area contributed by atoms with E-state index in [-0.39, 0.29) is 17.4 Å². The van der Waals surface area contributed by atoms with E-state index in [1.54, 1.807) is 37.3 Å². The molecule has 0 spiro atoms. The first-order valence-electron chi connectivity index (χ1n) is 9.21. The topological polar surface area (TPSA) is 102 Å². The standard InChI is InChI=1S/C20H23N5O3/c1-4-6-15-12-18(26)23-20(21-15)25-17(11-13(3)24-25)22-19(27)14-7-9-16(10-8-14)28-5-2/h7-12H,4-6H2,1-3H3,(H,22,27)(H,21,23,26). The van der Waals surface area contributed by atoms with Gasteiger partial charge in [0.05, 0.1) is 12.3 Å². The maximum Gasteiger partial charge on any atom is 0.256 e. The Morgan fingerprint density at radius 2 is 1.96 bits per heavy atom. The zero-order valence-corrected chi connectivity index (χ0v) is 16.2. The Morgan fingerprint density at radius 3 is 2.64 bits per heavy atom. The summed E-state index contributed by atoms with van der Waals surface area (Å²) in [5.74, 6) is 1.10. The lowest BCUT2D eigenvalue weighted by atomic mass is 10.2. The maximum atomic E-state index is 12.6. The Balaban J connectivity index is 1.88. The number of aromatic amines is 1. The smallest absolute Gasteiger partial charge is 0.256 e. The van der Waals surface area contributed by atoms with Gasteiger partial charge in [-0.05, 0) is 44.5 Å². The molecule has 2 N–H and O–H groups in total. The highest BCUT2D eigenvalue weighted by atomic mass is 16.5. The molecule has 3 rings (SSSR count). The fourth-order valence-corrected chi connectivity index (χ4v) is 2.79. The number of ether oxygens (including phenoxy) is 1. The fraction of sp³-hybridized carbons (Fsp3) is 0.300. The van der Waals surface area contributed by atoms with Crippen LogP contribution in [0.25, 0.3) is 5.95 Å². The number of carbonyl (C=O) groups is 1. The van der Waals surface area contributed by atoms with Gasteiger partial charge in [-0.2, -0.15) is 9.78 Å². The number of anilines is 1. The third-order valence-corrected chi connectivity index (χ3v) is 3.99. The van der Waals surface area contributed by atoms with Crippen LogP contribution in [0.15, 0.2) is 41.2 Å². The second-order valence-electron chi connectivity index (χ2n) is 6.30. The largest absolute Gasteiger partial charge is 0.494 e. The van der Waals surface area contributed by atoms with Gasteiger partial charge in [0.1, 0.15) is 11.6 Å². The van der Waals surface area contributed by atoms with E-state index in [9.17, 15) is 9.59 Å². The van der Waals surface area contributed by atoms with E-state index < -0.39 is 0 Å². The van der Waals surface area contributed by atoms with Crippen molar-refractivity contribution in [2.45, 2.75) is 33.6 Å². The lowest BCUT2D eigenvalue weighted by Crippen LogP contribution is -2.19. The predicted molar refractivity (Wildman–Crippen MR) is 106 cm³/mol. The molecule has 28 heavy (non-hydrogen) atoms. The molecule has 2 heterocycles. The monoisotopic (exact) mass is 381 g/mol. The summed E-state index contributed by atoms with van der Waals surface area (Å²) in [5, 5.41) is 7.18. The molecule has 1 amide bonds. The molecule has 8 nitrogen and oxygen atoms in total. The average molecular weight is 381 g/mol. The molecule has 0 aliphatic heterocycles. The second kappa shape index (κ2) is 8.51. The molecule has 0 unspecified atom stereocenters. The lowest BCUT2D eigenvalue weighted by Gasteiger charge is -2.09. The van der Waals surface area contributed by atoms with Crippen molar-refractivity contribution in [3.05, 3.63) is 63.7 Å². The first-order valence-corrected chi connectivity index (χ1v) is 9.21. The Labute approximate surface area is 162 Å². The minimum Gasteiger partial charge on any atom is -0.494 e. The van der Waals surface area contributed by atoms with E-state index in [2.05, 4.69) is 20.4 Å². The molecule has 0 bridgehead atoms. The Bertz CT molecular complexity index is 1020. The molecule has 3 aromatic rings. The van der Waals surface area contributed by atoms with Crippen molar-refractivity contribution in [3.8, 4) is 11.7 Å². The first-order chi connectivity index (χ1) is 13.5. The van der Waals surface area contributed by atoms with Crippen LogP contribution >= 0.6 is 0 Å². The first kappa shape index (κ1) is 19.3. The van der Waals surface area contributed by atoms with Crippen molar-refractivity contribution in [3.63, 3.8) is 0 Å². The van der Waals surface area contributed by atoms with E-state index in [1.165, 1.54) is 10.7 Å². The summed E-state index contributed by atoms with van der Waals surface area (Å²) in [6, 6.07) is 10.1. The van der Waals surface area contributed by atoms with Gasteiger partial charge in [-0.3, -0.25) is 14.6 Å². The number of aromatic nitrogens is 4. The summed E-state index contributed by atoms with van der Waals surface area (Å²) in [6.07, 6.45) is 1.56. The van der Waals surface area contributed by atoms with Crippen LogP contribution in [0.2, 0.25) is 0 Å². The molecule has 0 aliphatic rings. The highest BCUT2D eigenvalue weighted by Crippen LogP contribution is 2.17. The van der Waals surface area contributed by atoms with Gasteiger partial charge in [0.15, 0.2) is 0 Å². The number of H-pyrrole nitrogens is 1. The van der Waals surface area contributed by atoms with E-state index in [1.807, 2.05) is 13.8 Å². The summed E-state index contributed by atoms with van der Waals surface area (Å²) >= 11 is 0. The zero-order valence-electron chi connectivity index (χ0n) is 16.2. The number of aryl methyl sites for hydroxylation is 2. The summed E-state index contributed by atoms with van der Waals surface area (Å²) in [7, 11) is 0. The SMILES string of the molecule is CCCc1cc(=O)[nH]c(-n2nc(C)cc2NC(=O)c2ccc(OCC)cc2)n1. The van der Waals surface area contributed by atoms with Crippen LogP contribution in [-0.2, 0) is 6.42 Å². The number of carbonyl (C=O) groups excluding carboxylic acids is 1. The molecule has 0 radical (unpaired) electrons. The molecule has 0 saturated heterocycles. The molecule has 8 heteroatoms. The van der Waals surface area contributed by atoms with E-state index >= 15 is 0 Å². The third kappa shape index (κ3) is 4.46. The van der Waals surface area contributed by atoms with Crippen LogP contribution < -0.4 is 15.6 Å². The number of nitrogens with zero attached hydrogens (tertiary/aromatic N) is 3. The van der Waals surface area contributed by atoms with Gasteiger partial charge in [0.2, 0.25) is 5.95 Å². The van der Waals surface area contributed by atoms with Crippen LogP contribution in [0.1, 0.15) is 42.0 Å². The molecule has 0 aliphatic carbocycles. The highest BCUT2D eigenvalue weighted by molar-refractivity contribution is 6.04. The molecule has 0 saturated carbocycles. The fourth-order valence-electron chi connectivity index (χ4n) is 2.79. The molecule has 2 aromatic heterocycles. The van der Waals surface area contributed by atoms with Crippen molar-refractivity contribution < 1.29 is 9.53 Å². The highest BCUT2D eigenvalue weighted by Gasteiger charge is 2.15. The number of nitrogens with one attached hydrogen (secondary N) is 2. The summed E-state index contributed by atoms with van der Waals surface area (Å²) in [6.45, 7) is 6.28. The van der Waals surface area contributed by atoms with Crippen LogP contribution in [0, 0.1) is 6.92 Å². The lowest BCUT2D eigenvalue weighted by molar-refractivity contribution is 0.102. The van der Waals surface area contributed by atoms with Gasteiger partial charge in [0, 0.05) is 23.4 Å². The number of benzene rings is 1. The minimum absolute atomic E-state index is 0.259. The summed E-state index contributed by atoms with van der Waals surface area (Å²) in [4.78, 5) is 31.7. The quantitative estimate of drug-likeness (QED) is 0.655. The Hall–Kier alpha value is -3.42. The van der Waals surface area contributed by atoms with Gasteiger partial charge >= 0.3 is 0 Å². The van der Waals surface area contributed by atoms with Crippen molar-refractivity contribution in [2.24, 2.45) is 0 Å². The predicted octanol–water partition coefficient (Wildman–Crippen LogP) is 2.87. The average Bonchev–Trinajstić information content (AvgIpc) is 3.02. The van der Waals surface area contributed by atoms with Gasteiger partial charge in [0.25, 0.3) is 11.5 Å². The number of hydrogen-bond donors (Lipinski definition) is 2. The van der Waals surface area contributed by atoms with Crippen LogP contribution in [0.5, 0.6) is 5.75 Å². The van der Waals surface area contributed by atoms with E-state index in [0.29, 0.717) is 41.5 Å². The molecule has 0 atom stereocenters. The number of amides is 1. The minimum atomic E-state index is -0.295. The van der Waals surface area contributed by atoms with E-state index in [0.717, 1.165) is 6.42 Å². The van der Waals surface area contributed by atoms with Gasteiger partial charge < -0.3 is 10.1 Å². The van der Waals surface area contributed by atoms with Gasteiger partial charge in [-0.1, -0.05) is 13.3 Å². The third-order valence-electron chi connectivity index (χ3n) is 3.99. The second-order valence-corrected chi connectivity index (χ2v) is 6.30. The number of rotatable bonds is 7. The molecular weight excluding hydrogens is 358 g/mol. The normalized spacial score (nSPS) is 10.7. The van der Waals surface area contributed by atoms with Crippen LogP contribution in [0.4, 0.5) is 5.82 Å². The van der Waals surface area contributed by atoms with E-state index in [4.69, 9.17) is 4.74 Å². The maximum absolute atomic E-state index is 12.6. The van der Waals surface area contributed by atoms with Crippen molar-refractivity contribution in [1.82, 2.24) is 19.7 Å². The molecule has 146 valence electrons. The van der Waals surface area contributed by atoms with Crippen molar-refractivity contribution >= 4 is 11.7 Å². The molecule has 0 fully saturated rings. The molecular formula is C20H23N5O3. The van der Waals surface area contributed by atoms with Gasteiger partial charge in [-0.25, -0.2) is 4.98 Å². The Kier molecular flexibility index (Phi) is 5.88. The van der Waals surface area contributed by atoms with Crippen LogP contribution in [0.3, 0.4) is 0 Å². The van der Waals surface area contributed by atoms with Gasteiger partial charge in [-0.15, -0.1) is 0 Å². The van der Waals surface area contributed by atoms with Crippen molar-refractivity contribution in [2.75, 3.05) is 11.9 Å². The zero-order chi connectivity index (χ0) is 20.1. The summed E-state index contributed by atoms with van der Waals surface area (Å²) in [5.41, 5.74) is 1.59. The molecule has 1 aromatic carbocycles. The Morgan fingerprint density at radius 1 is 1.21 bits per heavy atom. The summed E-state index contributed by atoms with van der Waals surface area (Å²) < 4.78 is 6.83. The van der Waals surface area contributed by atoms with Crippen LogP contribution in [-0.4, -0.2) is 32.3 Å². The van der Waals surface area contributed by atoms with Crippen molar-refractivity contribution in [1.29, 1.82) is 0 Å². The number of hydrogen-bond acceptors (Lipinski definition) is 5.